The normalized spacial score (nSPS) is 14.5. The molecule has 0 unspecified atom stereocenters. The Bertz CT molecular complexity index is 289. The molecule has 140 valence electrons. The van der Waals surface area contributed by atoms with Crippen LogP contribution in [-0.4, -0.2) is 41.2 Å². The molecule has 7 heteroatoms. The molecule has 0 heterocycles. The Morgan fingerprint density at radius 3 is 1.26 bits per heavy atom. The first-order chi connectivity index (χ1) is 10.2. The fourth-order valence-corrected chi connectivity index (χ4v) is 6.67. The van der Waals surface area contributed by atoms with E-state index < -0.39 is 30.9 Å². The van der Waals surface area contributed by atoms with Crippen molar-refractivity contribution in [1.29, 1.82) is 0 Å². The summed E-state index contributed by atoms with van der Waals surface area (Å²) in [4.78, 5) is 0. The van der Waals surface area contributed by atoms with E-state index in [0.29, 0.717) is 0 Å². The predicted molar refractivity (Wildman–Crippen MR) is 114 cm³/mol. The summed E-state index contributed by atoms with van der Waals surface area (Å²) in [5.41, 5.74) is 0. The van der Waals surface area contributed by atoms with E-state index in [-0.39, 0.29) is 0 Å². The Balaban J connectivity index is 5.21. The van der Waals surface area contributed by atoms with Gasteiger partial charge in [-0.1, -0.05) is 25.3 Å². The molecule has 0 bridgehead atoms. The second-order valence-corrected chi connectivity index (χ2v) is 23.8. The molecule has 0 atom stereocenters. The first-order valence-electron chi connectivity index (χ1n) is 9.29. The summed E-state index contributed by atoms with van der Waals surface area (Å²) in [6.45, 7) is 20.0. The zero-order chi connectivity index (χ0) is 18.4. The average Bonchev–Trinajstić information content (AvgIpc) is 2.20. The van der Waals surface area contributed by atoms with Crippen LogP contribution in [0.5, 0.6) is 0 Å². The third-order valence-electron chi connectivity index (χ3n) is 2.97. The minimum absolute atomic E-state index is 0.805. The van der Waals surface area contributed by atoms with Crippen LogP contribution in [0.3, 0.4) is 0 Å². The van der Waals surface area contributed by atoms with Gasteiger partial charge in [-0.15, -0.1) is 0 Å². The van der Waals surface area contributed by atoms with Gasteiger partial charge in [0, 0.05) is 16.7 Å². The first kappa shape index (κ1) is 23.7. The topological polar surface area (TPSA) is 27.7 Å². The number of hydrogen-bond donors (Lipinski definition) is 0. The van der Waals surface area contributed by atoms with Crippen LogP contribution in [0.25, 0.3) is 0 Å². The molecule has 0 saturated heterocycles. The van der Waals surface area contributed by atoms with Crippen molar-refractivity contribution in [3.8, 4) is 0 Å². The molecular weight excluding hydrogens is 353 g/mol. The molecule has 3 nitrogen and oxygen atoms in total. The van der Waals surface area contributed by atoms with E-state index in [2.05, 4.69) is 58.9 Å². The van der Waals surface area contributed by atoms with Gasteiger partial charge in [0.1, 0.15) is 0 Å². The van der Waals surface area contributed by atoms with Gasteiger partial charge < -0.3 is 13.3 Å². The fraction of sp³-hybridized carbons (Fsp3) is 1.00. The molecule has 23 heavy (non-hydrogen) atoms. The summed E-state index contributed by atoms with van der Waals surface area (Å²) in [5.74, 6) is -0.805. The fourth-order valence-electron chi connectivity index (χ4n) is 2.56. The molecule has 0 N–H and O–H groups in total. The Hall–Kier alpha value is 0.748. The molecule has 0 amide bonds. The van der Waals surface area contributed by atoms with Gasteiger partial charge in [-0.25, -0.2) is 0 Å². The van der Waals surface area contributed by atoms with E-state index >= 15 is 0 Å². The Morgan fingerprint density at radius 1 is 0.609 bits per heavy atom. The van der Waals surface area contributed by atoms with Gasteiger partial charge in [-0.3, -0.25) is 0 Å². The standard InChI is InChI=1S/C16H42O3Si4/c1-21(2,3)17-16(18-22(4,5)6,19-23(7,8)9)14-12-10-11-13-15-20/h10-15H2,1-9,20H3. The van der Waals surface area contributed by atoms with Crippen molar-refractivity contribution in [2.24, 2.45) is 0 Å². The maximum atomic E-state index is 6.55. The van der Waals surface area contributed by atoms with Crippen molar-refractivity contribution in [1.82, 2.24) is 0 Å². The van der Waals surface area contributed by atoms with E-state index in [0.717, 1.165) is 12.8 Å². The van der Waals surface area contributed by atoms with Crippen LogP contribution < -0.4 is 0 Å². The van der Waals surface area contributed by atoms with Gasteiger partial charge in [0.05, 0.1) is 0 Å². The van der Waals surface area contributed by atoms with E-state index in [1.807, 2.05) is 0 Å². The maximum absolute atomic E-state index is 6.55. The highest BCUT2D eigenvalue weighted by molar-refractivity contribution is 6.72. The van der Waals surface area contributed by atoms with Crippen LogP contribution in [0.1, 0.15) is 32.1 Å². The molecule has 0 aromatic carbocycles. The van der Waals surface area contributed by atoms with Crippen molar-refractivity contribution in [2.75, 3.05) is 0 Å². The molecule has 0 radical (unpaired) electrons. The molecule has 0 fully saturated rings. The number of rotatable bonds is 12. The average molecular weight is 395 g/mol. The number of unbranched alkanes of at least 4 members (excludes halogenated alkanes) is 3. The summed E-state index contributed by atoms with van der Waals surface area (Å²) in [5, 5.41) is 0. The minimum atomic E-state index is -1.77. The van der Waals surface area contributed by atoms with Gasteiger partial charge in [0.15, 0.2) is 25.0 Å². The third kappa shape index (κ3) is 13.7. The van der Waals surface area contributed by atoms with Crippen molar-refractivity contribution >= 4 is 35.2 Å². The quantitative estimate of drug-likeness (QED) is 0.267. The molecule has 0 rings (SSSR count). The van der Waals surface area contributed by atoms with Gasteiger partial charge in [-0.05, 0) is 65.3 Å². The monoisotopic (exact) mass is 394 g/mol. The predicted octanol–water partition coefficient (Wildman–Crippen LogP) is 4.93. The second-order valence-electron chi connectivity index (χ2n) is 9.49. The van der Waals surface area contributed by atoms with Crippen molar-refractivity contribution < 1.29 is 13.3 Å². The zero-order valence-corrected chi connectivity index (χ0v) is 22.5. The van der Waals surface area contributed by atoms with Crippen molar-refractivity contribution in [2.45, 2.75) is 103 Å². The summed E-state index contributed by atoms with van der Waals surface area (Å²) in [6, 6.07) is 1.41. The van der Waals surface area contributed by atoms with E-state index in [4.69, 9.17) is 13.3 Å². The second kappa shape index (κ2) is 9.45. The van der Waals surface area contributed by atoms with Gasteiger partial charge >= 0.3 is 0 Å². The lowest BCUT2D eigenvalue weighted by atomic mass is 10.1. The maximum Gasteiger partial charge on any atom is 0.254 e. The van der Waals surface area contributed by atoms with Crippen molar-refractivity contribution in [3.63, 3.8) is 0 Å². The van der Waals surface area contributed by atoms with Gasteiger partial charge in [0.25, 0.3) is 5.97 Å². The highest BCUT2D eigenvalue weighted by atomic mass is 28.4. The summed E-state index contributed by atoms with van der Waals surface area (Å²) < 4.78 is 19.7. The van der Waals surface area contributed by atoms with Crippen LogP contribution in [-0.2, 0) is 13.3 Å². The van der Waals surface area contributed by atoms with Crippen LogP contribution in [0, 0.1) is 0 Å². The minimum Gasteiger partial charge on any atom is -0.371 e. The third-order valence-corrected chi connectivity index (χ3v) is 6.45. The smallest absolute Gasteiger partial charge is 0.254 e. The lowest BCUT2D eigenvalue weighted by molar-refractivity contribution is -0.274. The van der Waals surface area contributed by atoms with E-state index in [1.165, 1.54) is 35.5 Å². The summed E-state index contributed by atoms with van der Waals surface area (Å²) in [6.07, 6.45) is 5.95. The lowest BCUT2D eigenvalue weighted by Gasteiger charge is -2.45. The van der Waals surface area contributed by atoms with Crippen LogP contribution in [0.2, 0.25) is 65.0 Å². The largest absolute Gasteiger partial charge is 0.371 e. The molecule has 0 aromatic rings. The van der Waals surface area contributed by atoms with Crippen molar-refractivity contribution in [3.05, 3.63) is 0 Å². The Morgan fingerprint density at radius 2 is 0.957 bits per heavy atom. The van der Waals surface area contributed by atoms with Crippen LogP contribution in [0.4, 0.5) is 0 Å². The SMILES string of the molecule is C[Si](C)(C)OC(CCCCCC[SiH3])(O[Si](C)(C)C)O[Si](C)(C)C. The summed E-state index contributed by atoms with van der Waals surface area (Å²) >= 11 is 0. The van der Waals surface area contributed by atoms with Crippen LogP contribution >= 0.6 is 0 Å². The molecule has 0 aliphatic heterocycles. The highest BCUT2D eigenvalue weighted by Crippen LogP contribution is 2.33. The molecule has 0 spiro atoms. The first-order valence-corrected chi connectivity index (χ1v) is 20.9. The van der Waals surface area contributed by atoms with E-state index in [9.17, 15) is 0 Å². The van der Waals surface area contributed by atoms with Gasteiger partial charge in [0.2, 0.25) is 0 Å². The summed E-state index contributed by atoms with van der Waals surface area (Å²) in [7, 11) is -3.98. The highest BCUT2D eigenvalue weighted by Gasteiger charge is 2.44. The number of hydrogen-bond acceptors (Lipinski definition) is 3. The Labute approximate surface area is 151 Å². The molecule has 0 saturated carbocycles. The molecular formula is C16H42O3Si4. The Kier molecular flexibility index (Phi) is 9.75. The molecule has 0 aliphatic rings. The van der Waals surface area contributed by atoms with Gasteiger partial charge in [-0.2, -0.15) is 0 Å². The zero-order valence-electron chi connectivity index (χ0n) is 17.5. The molecule has 0 aliphatic carbocycles. The van der Waals surface area contributed by atoms with E-state index in [1.54, 1.807) is 0 Å². The molecule has 0 aromatic heterocycles. The van der Waals surface area contributed by atoms with Crippen LogP contribution in [0.15, 0.2) is 0 Å². The lowest BCUT2D eigenvalue weighted by Crippen LogP contribution is -2.55.